The van der Waals surface area contributed by atoms with Crippen molar-refractivity contribution in [2.75, 3.05) is 32.1 Å². The zero-order chi connectivity index (χ0) is 14.5. The summed E-state index contributed by atoms with van der Waals surface area (Å²) >= 11 is 0. The summed E-state index contributed by atoms with van der Waals surface area (Å²) < 4.78 is 0. The second-order valence-corrected chi connectivity index (χ2v) is 6.07. The van der Waals surface area contributed by atoms with E-state index in [1.54, 1.807) is 0 Å². The molecule has 0 saturated carbocycles. The van der Waals surface area contributed by atoms with E-state index in [0.717, 1.165) is 13.1 Å². The fraction of sp³-hybridized carbons (Fsp3) is 0.647. The minimum atomic E-state index is 0.652. The Morgan fingerprint density at radius 1 is 1.15 bits per heavy atom. The zero-order valence-corrected chi connectivity index (χ0v) is 13.4. The van der Waals surface area contributed by atoms with Gasteiger partial charge in [0.15, 0.2) is 0 Å². The van der Waals surface area contributed by atoms with Crippen molar-refractivity contribution in [3.8, 4) is 0 Å². The Hall–Kier alpha value is -1.06. The van der Waals surface area contributed by atoms with E-state index >= 15 is 0 Å². The molecule has 1 heterocycles. The summed E-state index contributed by atoms with van der Waals surface area (Å²) in [7, 11) is 4.18. The highest BCUT2D eigenvalue weighted by atomic mass is 15.2. The number of anilines is 1. The van der Waals surface area contributed by atoms with Gasteiger partial charge >= 0.3 is 0 Å². The molecule has 1 aliphatic heterocycles. The average Bonchev–Trinajstić information content (AvgIpc) is 2.47. The van der Waals surface area contributed by atoms with Crippen LogP contribution >= 0.6 is 0 Å². The summed E-state index contributed by atoms with van der Waals surface area (Å²) in [4.78, 5) is 4.80. The lowest BCUT2D eigenvalue weighted by atomic mass is 10.0. The monoisotopic (exact) mass is 275 g/mol. The smallest absolute Gasteiger partial charge is 0.0361 e. The first-order valence-corrected chi connectivity index (χ1v) is 7.87. The Bertz CT molecular complexity index is 399. The second kappa shape index (κ2) is 7.09. The number of benzene rings is 1. The largest absolute Gasteiger partial charge is 0.378 e. The maximum absolute atomic E-state index is 3.66. The molecule has 2 rings (SSSR count). The van der Waals surface area contributed by atoms with E-state index in [-0.39, 0.29) is 0 Å². The van der Waals surface area contributed by atoms with Gasteiger partial charge in [0.2, 0.25) is 0 Å². The Morgan fingerprint density at radius 3 is 2.40 bits per heavy atom. The minimum Gasteiger partial charge on any atom is -0.378 e. The van der Waals surface area contributed by atoms with Crippen LogP contribution in [-0.2, 0) is 6.54 Å². The van der Waals surface area contributed by atoms with Crippen molar-refractivity contribution in [3.05, 3.63) is 29.8 Å². The van der Waals surface area contributed by atoms with Gasteiger partial charge in [-0.25, -0.2) is 0 Å². The summed E-state index contributed by atoms with van der Waals surface area (Å²) in [6.45, 7) is 7.94. The molecule has 20 heavy (non-hydrogen) atoms. The van der Waals surface area contributed by atoms with Gasteiger partial charge in [-0.15, -0.1) is 0 Å². The number of rotatable bonds is 5. The molecular formula is C17H29N3. The highest BCUT2D eigenvalue weighted by molar-refractivity contribution is 5.45. The number of hydrogen-bond donors (Lipinski definition) is 1. The highest BCUT2D eigenvalue weighted by Gasteiger charge is 2.25. The highest BCUT2D eigenvalue weighted by Crippen LogP contribution is 2.18. The van der Waals surface area contributed by atoms with Crippen LogP contribution in [0.1, 0.15) is 32.3 Å². The van der Waals surface area contributed by atoms with Gasteiger partial charge in [0, 0.05) is 51.5 Å². The van der Waals surface area contributed by atoms with Gasteiger partial charge in [0.05, 0.1) is 0 Å². The molecule has 1 saturated heterocycles. The third-order valence-electron chi connectivity index (χ3n) is 4.42. The van der Waals surface area contributed by atoms with Gasteiger partial charge in [0.25, 0.3) is 0 Å². The molecule has 0 bridgehead atoms. The van der Waals surface area contributed by atoms with Crippen LogP contribution in [0.25, 0.3) is 0 Å². The van der Waals surface area contributed by atoms with E-state index in [1.165, 1.54) is 30.6 Å². The predicted octanol–water partition coefficient (Wildman–Crippen LogP) is 2.72. The van der Waals surface area contributed by atoms with Crippen molar-refractivity contribution in [1.82, 2.24) is 10.2 Å². The summed E-state index contributed by atoms with van der Waals surface area (Å²) in [5.41, 5.74) is 2.69. The molecule has 1 aliphatic rings. The van der Waals surface area contributed by atoms with Crippen LogP contribution in [0, 0.1) is 0 Å². The molecule has 3 heteroatoms. The minimum absolute atomic E-state index is 0.652. The Morgan fingerprint density at radius 2 is 1.85 bits per heavy atom. The molecule has 3 nitrogen and oxygen atoms in total. The normalized spacial score (nSPS) is 23.8. The Labute approximate surface area is 124 Å². The molecule has 0 amide bonds. The zero-order valence-electron chi connectivity index (χ0n) is 13.4. The van der Waals surface area contributed by atoms with E-state index in [0.29, 0.717) is 12.1 Å². The maximum Gasteiger partial charge on any atom is 0.0361 e. The van der Waals surface area contributed by atoms with Crippen LogP contribution in [0.5, 0.6) is 0 Å². The third-order valence-corrected chi connectivity index (χ3v) is 4.42. The summed E-state index contributed by atoms with van der Waals surface area (Å²) in [6.07, 6.45) is 2.44. The molecule has 1 N–H and O–H groups in total. The maximum atomic E-state index is 3.66. The van der Waals surface area contributed by atoms with E-state index in [4.69, 9.17) is 0 Å². The van der Waals surface area contributed by atoms with Gasteiger partial charge in [-0.05, 0) is 30.5 Å². The fourth-order valence-electron chi connectivity index (χ4n) is 2.93. The van der Waals surface area contributed by atoms with Crippen LogP contribution in [0.2, 0.25) is 0 Å². The van der Waals surface area contributed by atoms with E-state index in [9.17, 15) is 0 Å². The molecule has 2 atom stereocenters. The van der Waals surface area contributed by atoms with Crippen molar-refractivity contribution in [1.29, 1.82) is 0 Å². The lowest BCUT2D eigenvalue weighted by Crippen LogP contribution is -2.55. The summed E-state index contributed by atoms with van der Waals surface area (Å²) in [5, 5.41) is 3.66. The van der Waals surface area contributed by atoms with Crippen molar-refractivity contribution < 1.29 is 0 Å². The first kappa shape index (κ1) is 15.3. The van der Waals surface area contributed by atoms with Crippen molar-refractivity contribution in [3.63, 3.8) is 0 Å². The van der Waals surface area contributed by atoms with Crippen LogP contribution in [0.4, 0.5) is 5.69 Å². The topological polar surface area (TPSA) is 18.5 Å². The summed E-state index contributed by atoms with van der Waals surface area (Å²) in [6, 6.07) is 10.3. The molecule has 0 spiro atoms. The number of hydrogen-bond acceptors (Lipinski definition) is 3. The number of piperazine rings is 1. The van der Waals surface area contributed by atoms with Crippen LogP contribution < -0.4 is 10.2 Å². The van der Waals surface area contributed by atoms with Crippen LogP contribution in [0.15, 0.2) is 24.3 Å². The lowest BCUT2D eigenvalue weighted by molar-refractivity contribution is 0.117. The van der Waals surface area contributed by atoms with Crippen molar-refractivity contribution in [2.45, 2.75) is 45.3 Å². The Balaban J connectivity index is 2.02. The van der Waals surface area contributed by atoms with Crippen molar-refractivity contribution in [2.24, 2.45) is 0 Å². The molecule has 1 aromatic carbocycles. The van der Waals surface area contributed by atoms with Gasteiger partial charge in [-0.1, -0.05) is 26.0 Å². The Kier molecular flexibility index (Phi) is 5.44. The van der Waals surface area contributed by atoms with E-state index in [1.807, 2.05) is 0 Å². The van der Waals surface area contributed by atoms with Gasteiger partial charge in [0.1, 0.15) is 0 Å². The number of nitrogens with one attached hydrogen (secondary N) is 1. The molecular weight excluding hydrogens is 246 g/mol. The molecule has 112 valence electrons. The van der Waals surface area contributed by atoms with Crippen LogP contribution in [0.3, 0.4) is 0 Å². The third kappa shape index (κ3) is 3.74. The molecule has 0 radical (unpaired) electrons. The predicted molar refractivity (Wildman–Crippen MR) is 87.3 cm³/mol. The molecule has 1 aromatic rings. The first-order valence-electron chi connectivity index (χ1n) is 7.87. The molecule has 0 aliphatic carbocycles. The molecule has 2 unspecified atom stereocenters. The SMILES string of the molecule is CCC1CN(Cc2ccc(N(C)C)cc2)C(CC)CN1. The fourth-order valence-corrected chi connectivity index (χ4v) is 2.93. The van der Waals surface area contributed by atoms with E-state index in [2.05, 4.69) is 67.3 Å². The van der Waals surface area contributed by atoms with Crippen LogP contribution in [-0.4, -0.2) is 44.2 Å². The average molecular weight is 275 g/mol. The second-order valence-electron chi connectivity index (χ2n) is 6.07. The van der Waals surface area contributed by atoms with E-state index < -0.39 is 0 Å². The lowest BCUT2D eigenvalue weighted by Gasteiger charge is -2.40. The van der Waals surface area contributed by atoms with Gasteiger partial charge in [-0.3, -0.25) is 4.90 Å². The van der Waals surface area contributed by atoms with Gasteiger partial charge < -0.3 is 10.2 Å². The summed E-state index contributed by atoms with van der Waals surface area (Å²) in [5.74, 6) is 0. The standard InChI is InChI=1S/C17H29N3/c1-5-15-13-20(16(6-2)11-18-15)12-14-7-9-17(10-8-14)19(3)4/h7-10,15-16,18H,5-6,11-13H2,1-4H3. The quantitative estimate of drug-likeness (QED) is 0.891. The van der Waals surface area contributed by atoms with Gasteiger partial charge in [-0.2, -0.15) is 0 Å². The number of nitrogens with zero attached hydrogens (tertiary/aromatic N) is 2. The molecule has 1 fully saturated rings. The molecule has 0 aromatic heterocycles. The first-order chi connectivity index (χ1) is 9.63. The van der Waals surface area contributed by atoms with Crippen molar-refractivity contribution >= 4 is 5.69 Å².